The fourth-order valence-electron chi connectivity index (χ4n) is 3.66. The van der Waals surface area contributed by atoms with Crippen molar-refractivity contribution < 1.29 is 4.52 Å². The molecule has 1 saturated carbocycles. The van der Waals surface area contributed by atoms with Crippen LogP contribution in [0.3, 0.4) is 0 Å². The molecule has 9 nitrogen and oxygen atoms in total. The molecule has 0 saturated heterocycles. The molecule has 3 aromatic rings. The lowest BCUT2D eigenvalue weighted by Gasteiger charge is -2.22. The summed E-state index contributed by atoms with van der Waals surface area (Å²) in [4.78, 5) is 13.1. The molecule has 5 rings (SSSR count). The van der Waals surface area contributed by atoms with Gasteiger partial charge in [-0.1, -0.05) is 0 Å². The fraction of sp³-hybridized carbons (Fsp3) is 0.238. The van der Waals surface area contributed by atoms with Crippen LogP contribution in [0.15, 0.2) is 71.9 Å². The van der Waals surface area contributed by atoms with Gasteiger partial charge in [0.2, 0.25) is 0 Å². The molecule has 9 heteroatoms. The fourth-order valence-corrected chi connectivity index (χ4v) is 3.66. The first kappa shape index (κ1) is 18.2. The second-order valence-electron chi connectivity index (χ2n) is 7.26. The summed E-state index contributed by atoms with van der Waals surface area (Å²) in [6.07, 6.45) is 16.1. The molecule has 0 radical (unpaired) electrons. The number of rotatable bonds is 6. The van der Waals surface area contributed by atoms with Crippen LogP contribution < -0.4 is 21.1 Å². The topological polar surface area (TPSA) is 104 Å². The summed E-state index contributed by atoms with van der Waals surface area (Å²) in [5.41, 5.74) is 4.93. The number of allylic oxidation sites excluding steroid dienone is 2. The third-order valence-corrected chi connectivity index (χ3v) is 5.13. The summed E-state index contributed by atoms with van der Waals surface area (Å²) < 4.78 is 5.34. The molecule has 4 heterocycles. The summed E-state index contributed by atoms with van der Waals surface area (Å²) in [6.45, 7) is 0. The number of hydrazine groups is 1. The minimum absolute atomic E-state index is 0.288. The van der Waals surface area contributed by atoms with Crippen molar-refractivity contribution in [1.29, 1.82) is 0 Å². The van der Waals surface area contributed by atoms with Crippen molar-refractivity contribution in [3.63, 3.8) is 0 Å². The Balaban J connectivity index is 1.14. The Morgan fingerprint density at radius 3 is 2.77 bits per heavy atom. The molecule has 1 aliphatic heterocycles. The summed E-state index contributed by atoms with van der Waals surface area (Å²) >= 11 is 0. The first-order valence-corrected chi connectivity index (χ1v) is 9.95. The second kappa shape index (κ2) is 8.24. The highest BCUT2D eigenvalue weighted by atomic mass is 16.5. The van der Waals surface area contributed by atoms with Crippen molar-refractivity contribution in [3.05, 3.63) is 67.4 Å². The van der Waals surface area contributed by atoms with E-state index < -0.39 is 0 Å². The lowest BCUT2D eigenvalue weighted by atomic mass is 10.2. The molecule has 0 aromatic carbocycles. The molecular weight excluding hydrogens is 380 g/mol. The van der Waals surface area contributed by atoms with E-state index in [0.717, 1.165) is 36.3 Å². The second-order valence-corrected chi connectivity index (χ2v) is 7.26. The Bertz CT molecular complexity index is 1030. The molecule has 3 aromatic heterocycles. The van der Waals surface area contributed by atoms with E-state index in [9.17, 15) is 0 Å². The lowest BCUT2D eigenvalue weighted by molar-refractivity contribution is 0.431. The van der Waals surface area contributed by atoms with E-state index in [1.807, 2.05) is 60.0 Å². The van der Waals surface area contributed by atoms with Crippen LogP contribution in [0.4, 0.5) is 17.5 Å². The van der Waals surface area contributed by atoms with Gasteiger partial charge in [-0.3, -0.25) is 9.99 Å². The Labute approximate surface area is 173 Å². The summed E-state index contributed by atoms with van der Waals surface area (Å²) in [5.74, 6) is 1.86. The molecule has 3 N–H and O–H groups in total. The Hall–Kier alpha value is -3.88. The van der Waals surface area contributed by atoms with Crippen molar-refractivity contribution in [3.8, 4) is 11.5 Å². The van der Waals surface area contributed by atoms with Gasteiger partial charge in [-0.15, -0.1) is 0 Å². The molecule has 2 atom stereocenters. The van der Waals surface area contributed by atoms with E-state index in [1.54, 1.807) is 12.4 Å². The lowest BCUT2D eigenvalue weighted by Crippen LogP contribution is -2.30. The minimum Gasteiger partial charge on any atom is -0.367 e. The predicted octanol–water partition coefficient (Wildman–Crippen LogP) is 3.32. The van der Waals surface area contributed by atoms with Gasteiger partial charge >= 0.3 is 0 Å². The third-order valence-electron chi connectivity index (χ3n) is 5.13. The van der Waals surface area contributed by atoms with Crippen LogP contribution in [0.25, 0.3) is 11.5 Å². The van der Waals surface area contributed by atoms with Crippen molar-refractivity contribution in [1.82, 2.24) is 25.5 Å². The smallest absolute Gasteiger partial charge is 0.263 e. The number of anilines is 3. The van der Waals surface area contributed by atoms with Crippen LogP contribution in [-0.2, 0) is 0 Å². The average molecular weight is 402 g/mol. The van der Waals surface area contributed by atoms with Crippen LogP contribution in [0, 0.1) is 0 Å². The van der Waals surface area contributed by atoms with E-state index in [-0.39, 0.29) is 6.04 Å². The van der Waals surface area contributed by atoms with E-state index >= 15 is 0 Å². The highest BCUT2D eigenvalue weighted by Gasteiger charge is 2.26. The van der Waals surface area contributed by atoms with Crippen LogP contribution in [-0.4, -0.2) is 32.2 Å². The molecule has 1 aliphatic carbocycles. The van der Waals surface area contributed by atoms with Gasteiger partial charge in [-0.25, -0.2) is 4.98 Å². The van der Waals surface area contributed by atoms with Crippen molar-refractivity contribution in [2.24, 2.45) is 0 Å². The SMILES string of the molecule is C1=CNN(c2ccc(N[C@H]3CC[C@H](Nc4noc(-c5cccnc5)n4)C3)nc2)C=C1. The molecule has 0 bridgehead atoms. The van der Waals surface area contributed by atoms with Gasteiger partial charge in [-0.05, 0) is 60.8 Å². The zero-order valence-corrected chi connectivity index (χ0v) is 16.3. The molecular formula is C21H22N8O. The van der Waals surface area contributed by atoms with Crippen LogP contribution >= 0.6 is 0 Å². The average Bonchev–Trinajstić information content (AvgIpc) is 3.45. The van der Waals surface area contributed by atoms with Gasteiger partial charge in [0.15, 0.2) is 0 Å². The first-order valence-electron chi connectivity index (χ1n) is 9.95. The number of nitrogens with one attached hydrogen (secondary N) is 3. The molecule has 1 fully saturated rings. The molecule has 0 spiro atoms. The van der Waals surface area contributed by atoms with Crippen molar-refractivity contribution >= 4 is 17.5 Å². The number of hydrogen-bond donors (Lipinski definition) is 3. The minimum atomic E-state index is 0.288. The standard InChI is InChI=1S/C21H22N8O/c1-2-11-29(24-10-1)18-7-8-19(23-14-18)25-16-5-6-17(12-16)26-21-27-20(30-28-21)15-4-3-9-22-13-15/h1-4,7-11,13-14,16-17,24H,5-6,12H2,(H,23,25)(H,26,28)/t16-,17-/m0/s1. The molecule has 152 valence electrons. The normalized spacial score (nSPS) is 20.2. The highest BCUT2D eigenvalue weighted by molar-refractivity contribution is 5.53. The predicted molar refractivity (Wildman–Crippen MR) is 114 cm³/mol. The number of hydrogen-bond acceptors (Lipinski definition) is 9. The number of aromatic nitrogens is 4. The zero-order chi connectivity index (χ0) is 20.2. The molecule has 2 aliphatic rings. The van der Waals surface area contributed by atoms with Gasteiger partial charge in [0.25, 0.3) is 11.8 Å². The quantitative estimate of drug-likeness (QED) is 0.573. The van der Waals surface area contributed by atoms with Gasteiger partial charge in [0.05, 0.1) is 17.4 Å². The zero-order valence-electron chi connectivity index (χ0n) is 16.3. The van der Waals surface area contributed by atoms with Crippen molar-refractivity contribution in [2.45, 2.75) is 31.3 Å². The third kappa shape index (κ3) is 4.09. The van der Waals surface area contributed by atoms with E-state index in [2.05, 4.69) is 36.2 Å². The Morgan fingerprint density at radius 1 is 1.07 bits per heavy atom. The van der Waals surface area contributed by atoms with Gasteiger partial charge in [0.1, 0.15) is 5.82 Å². The largest absolute Gasteiger partial charge is 0.367 e. The molecule has 0 unspecified atom stereocenters. The maximum Gasteiger partial charge on any atom is 0.263 e. The Kier molecular flexibility index (Phi) is 4.99. The summed E-state index contributed by atoms with van der Waals surface area (Å²) in [6, 6.07) is 8.42. The summed E-state index contributed by atoms with van der Waals surface area (Å²) in [7, 11) is 0. The monoisotopic (exact) mass is 402 g/mol. The van der Waals surface area contributed by atoms with E-state index in [0.29, 0.717) is 17.9 Å². The maximum atomic E-state index is 5.34. The van der Waals surface area contributed by atoms with E-state index in [1.165, 1.54) is 0 Å². The molecule has 30 heavy (non-hydrogen) atoms. The maximum absolute atomic E-state index is 5.34. The Morgan fingerprint density at radius 2 is 2.00 bits per heavy atom. The molecule has 0 amide bonds. The van der Waals surface area contributed by atoms with Crippen LogP contribution in [0.1, 0.15) is 19.3 Å². The van der Waals surface area contributed by atoms with Crippen LogP contribution in [0.2, 0.25) is 0 Å². The van der Waals surface area contributed by atoms with Gasteiger partial charge in [0, 0.05) is 36.9 Å². The van der Waals surface area contributed by atoms with Crippen molar-refractivity contribution in [2.75, 3.05) is 15.6 Å². The van der Waals surface area contributed by atoms with E-state index in [4.69, 9.17) is 4.52 Å². The van der Waals surface area contributed by atoms with Crippen LogP contribution in [0.5, 0.6) is 0 Å². The van der Waals surface area contributed by atoms with Gasteiger partial charge < -0.3 is 20.6 Å². The summed E-state index contributed by atoms with van der Waals surface area (Å²) in [5, 5.41) is 12.9. The van der Waals surface area contributed by atoms with Gasteiger partial charge in [-0.2, -0.15) is 4.98 Å². The highest BCUT2D eigenvalue weighted by Crippen LogP contribution is 2.26. The first-order chi connectivity index (χ1) is 14.8. The number of nitrogens with zero attached hydrogens (tertiary/aromatic N) is 5. The number of pyridine rings is 2.